The van der Waals surface area contributed by atoms with E-state index >= 15 is 0 Å². The van der Waals surface area contributed by atoms with Crippen molar-refractivity contribution in [3.05, 3.63) is 29.3 Å². The van der Waals surface area contributed by atoms with Gasteiger partial charge in [0, 0.05) is 0 Å². The Balaban J connectivity index is 2.53. The minimum Gasteiger partial charge on any atom is -0.497 e. The van der Waals surface area contributed by atoms with Crippen molar-refractivity contribution in [2.45, 2.75) is 24.7 Å². The summed E-state index contributed by atoms with van der Waals surface area (Å²) in [4.78, 5) is 0. The molecule has 1 aliphatic rings. The molecule has 80 valence electrons. The molecule has 0 aromatic heterocycles. The number of hydrogen-bond donors (Lipinski definition) is 0. The second-order valence-electron chi connectivity index (χ2n) is 4.05. The van der Waals surface area contributed by atoms with Gasteiger partial charge < -0.3 is 4.74 Å². The molecule has 0 saturated heterocycles. The molecule has 0 fully saturated rings. The van der Waals surface area contributed by atoms with Gasteiger partial charge in [-0.15, -0.1) is 0 Å². The van der Waals surface area contributed by atoms with Crippen molar-refractivity contribution in [2.24, 2.45) is 0 Å². The van der Waals surface area contributed by atoms with Gasteiger partial charge in [-0.2, -0.15) is 10.5 Å². The molecular weight excluding hydrogens is 200 g/mol. The van der Waals surface area contributed by atoms with Crippen LogP contribution in [0.4, 0.5) is 0 Å². The standard InChI is InChI=1S/C13H12N2O/c1-16-11-3-2-10-4-5-13(9-15,6-7-14)12(10)8-11/h2-3,8H,4-6H2,1H3. The Hall–Kier alpha value is -2.00. The molecular formula is C13H12N2O. The summed E-state index contributed by atoms with van der Waals surface area (Å²) < 4.78 is 5.16. The van der Waals surface area contributed by atoms with Crippen molar-refractivity contribution in [3.8, 4) is 17.9 Å². The van der Waals surface area contributed by atoms with Gasteiger partial charge in [0.2, 0.25) is 0 Å². The van der Waals surface area contributed by atoms with Gasteiger partial charge in [-0.05, 0) is 36.1 Å². The van der Waals surface area contributed by atoms with Crippen molar-refractivity contribution in [3.63, 3.8) is 0 Å². The lowest BCUT2D eigenvalue weighted by atomic mass is 9.81. The second kappa shape index (κ2) is 3.87. The summed E-state index contributed by atoms with van der Waals surface area (Å²) in [6, 6.07) is 10.2. The van der Waals surface area contributed by atoms with Crippen molar-refractivity contribution in [1.29, 1.82) is 10.5 Å². The molecule has 0 spiro atoms. The highest BCUT2D eigenvalue weighted by atomic mass is 16.5. The molecule has 0 heterocycles. The van der Waals surface area contributed by atoms with Crippen molar-refractivity contribution < 1.29 is 4.74 Å². The summed E-state index contributed by atoms with van der Waals surface area (Å²) in [5.41, 5.74) is 1.51. The van der Waals surface area contributed by atoms with Crippen LogP contribution in [-0.4, -0.2) is 7.11 Å². The molecule has 2 rings (SSSR count). The van der Waals surface area contributed by atoms with Gasteiger partial charge in [-0.3, -0.25) is 0 Å². The minimum absolute atomic E-state index is 0.254. The monoisotopic (exact) mass is 212 g/mol. The quantitative estimate of drug-likeness (QED) is 0.755. The molecule has 3 nitrogen and oxygen atoms in total. The zero-order valence-corrected chi connectivity index (χ0v) is 9.16. The lowest BCUT2D eigenvalue weighted by molar-refractivity contribution is 0.413. The zero-order valence-electron chi connectivity index (χ0n) is 9.16. The molecule has 0 amide bonds. The third-order valence-electron chi connectivity index (χ3n) is 3.25. The van der Waals surface area contributed by atoms with E-state index < -0.39 is 5.41 Å². The van der Waals surface area contributed by atoms with Gasteiger partial charge in [0.15, 0.2) is 0 Å². The maximum atomic E-state index is 9.32. The first kappa shape index (κ1) is 10.5. The number of hydrogen-bond acceptors (Lipinski definition) is 3. The smallest absolute Gasteiger partial charge is 0.119 e. The highest BCUT2D eigenvalue weighted by molar-refractivity contribution is 5.48. The lowest BCUT2D eigenvalue weighted by Gasteiger charge is -2.18. The molecule has 1 atom stereocenters. The maximum Gasteiger partial charge on any atom is 0.119 e. The Morgan fingerprint density at radius 2 is 2.25 bits per heavy atom. The summed E-state index contributed by atoms with van der Waals surface area (Å²) in [7, 11) is 1.61. The third-order valence-corrected chi connectivity index (χ3v) is 3.25. The van der Waals surface area contributed by atoms with E-state index in [1.807, 2.05) is 18.2 Å². The van der Waals surface area contributed by atoms with Crippen LogP contribution in [0.1, 0.15) is 24.0 Å². The minimum atomic E-state index is -0.626. The first-order chi connectivity index (χ1) is 7.75. The van der Waals surface area contributed by atoms with E-state index in [1.54, 1.807) is 7.11 Å². The van der Waals surface area contributed by atoms with Crippen molar-refractivity contribution in [2.75, 3.05) is 7.11 Å². The Labute approximate surface area is 94.9 Å². The fourth-order valence-corrected chi connectivity index (χ4v) is 2.30. The first-order valence-electron chi connectivity index (χ1n) is 5.21. The van der Waals surface area contributed by atoms with Crippen LogP contribution in [0.15, 0.2) is 18.2 Å². The van der Waals surface area contributed by atoms with Gasteiger partial charge in [-0.1, -0.05) is 6.07 Å². The van der Waals surface area contributed by atoms with E-state index in [2.05, 4.69) is 12.1 Å². The molecule has 16 heavy (non-hydrogen) atoms. The van der Waals surface area contributed by atoms with Crippen LogP contribution < -0.4 is 4.74 Å². The third kappa shape index (κ3) is 1.42. The molecule has 1 aliphatic carbocycles. The molecule has 3 heteroatoms. The summed E-state index contributed by atoms with van der Waals surface area (Å²) in [6.07, 6.45) is 1.86. The Morgan fingerprint density at radius 3 is 2.88 bits per heavy atom. The van der Waals surface area contributed by atoms with Gasteiger partial charge in [-0.25, -0.2) is 0 Å². The number of fused-ring (bicyclic) bond motifs is 1. The Kier molecular flexibility index (Phi) is 2.54. The average molecular weight is 212 g/mol. The van der Waals surface area contributed by atoms with E-state index in [0.29, 0.717) is 0 Å². The fourth-order valence-electron chi connectivity index (χ4n) is 2.30. The van der Waals surface area contributed by atoms with Crippen LogP contribution in [0, 0.1) is 22.7 Å². The normalized spacial score (nSPS) is 21.9. The number of aryl methyl sites for hydroxylation is 1. The maximum absolute atomic E-state index is 9.32. The van der Waals surface area contributed by atoms with Gasteiger partial charge in [0.25, 0.3) is 0 Å². The fraction of sp³-hybridized carbons (Fsp3) is 0.385. The Morgan fingerprint density at radius 1 is 1.44 bits per heavy atom. The van der Waals surface area contributed by atoms with Crippen LogP contribution in [0.2, 0.25) is 0 Å². The number of rotatable bonds is 2. The molecule has 1 unspecified atom stereocenters. The molecule has 0 bridgehead atoms. The van der Waals surface area contributed by atoms with Crippen LogP contribution >= 0.6 is 0 Å². The highest BCUT2D eigenvalue weighted by Crippen LogP contribution is 2.42. The second-order valence-corrected chi connectivity index (χ2v) is 4.05. The first-order valence-corrected chi connectivity index (χ1v) is 5.21. The lowest BCUT2D eigenvalue weighted by Crippen LogP contribution is -2.19. The molecule has 1 aromatic carbocycles. The van der Waals surface area contributed by atoms with E-state index in [9.17, 15) is 5.26 Å². The summed E-state index contributed by atoms with van der Waals surface area (Å²) in [5, 5.41) is 18.2. The molecule has 0 N–H and O–H groups in total. The number of ether oxygens (including phenoxy) is 1. The summed E-state index contributed by atoms with van der Waals surface area (Å²) in [6.45, 7) is 0. The Bertz CT molecular complexity index is 496. The predicted octanol–water partition coefficient (Wildman–Crippen LogP) is 2.32. The predicted molar refractivity (Wildman–Crippen MR) is 58.8 cm³/mol. The molecule has 0 saturated carbocycles. The van der Waals surface area contributed by atoms with Gasteiger partial charge in [0.1, 0.15) is 5.75 Å². The number of nitrogens with zero attached hydrogens (tertiary/aromatic N) is 2. The summed E-state index contributed by atoms with van der Waals surface area (Å²) in [5.74, 6) is 0.748. The van der Waals surface area contributed by atoms with E-state index in [1.165, 1.54) is 0 Å². The van der Waals surface area contributed by atoms with Crippen LogP contribution in [0.5, 0.6) is 5.75 Å². The van der Waals surface area contributed by atoms with Crippen molar-refractivity contribution in [1.82, 2.24) is 0 Å². The van der Waals surface area contributed by atoms with Crippen LogP contribution in [-0.2, 0) is 11.8 Å². The van der Waals surface area contributed by atoms with E-state index in [-0.39, 0.29) is 6.42 Å². The topological polar surface area (TPSA) is 56.8 Å². The number of methoxy groups -OCH3 is 1. The van der Waals surface area contributed by atoms with E-state index in [4.69, 9.17) is 10.00 Å². The van der Waals surface area contributed by atoms with Crippen LogP contribution in [0.3, 0.4) is 0 Å². The number of nitriles is 2. The van der Waals surface area contributed by atoms with Crippen LogP contribution in [0.25, 0.3) is 0 Å². The largest absolute Gasteiger partial charge is 0.497 e. The summed E-state index contributed by atoms with van der Waals surface area (Å²) >= 11 is 0. The average Bonchev–Trinajstić information content (AvgIpc) is 2.69. The van der Waals surface area contributed by atoms with Gasteiger partial charge in [0.05, 0.1) is 31.1 Å². The number of benzene rings is 1. The SMILES string of the molecule is COc1ccc2c(c1)C(C#N)(CC#N)CC2. The molecule has 0 radical (unpaired) electrons. The zero-order chi connectivity index (χ0) is 11.6. The molecule has 0 aliphatic heterocycles. The van der Waals surface area contributed by atoms with Crippen molar-refractivity contribution >= 4 is 0 Å². The van der Waals surface area contributed by atoms with Gasteiger partial charge >= 0.3 is 0 Å². The molecule has 1 aromatic rings. The van der Waals surface area contributed by atoms with E-state index in [0.717, 1.165) is 29.7 Å². The highest BCUT2D eigenvalue weighted by Gasteiger charge is 2.39.